The number of nitrogens with two attached hydrogens (primary N) is 1. The number of carbonyl (C=O) groups is 1. The summed E-state index contributed by atoms with van der Waals surface area (Å²) >= 11 is 5.97. The summed E-state index contributed by atoms with van der Waals surface area (Å²) in [6, 6.07) is 14.9. The molecule has 4 heteroatoms. The molecule has 0 heterocycles. The molecule has 0 spiro atoms. The van der Waals surface area contributed by atoms with Crippen LogP contribution in [0.3, 0.4) is 0 Å². The Kier molecular flexibility index (Phi) is 4.07. The summed E-state index contributed by atoms with van der Waals surface area (Å²) in [5.74, 6) is -0.431. The largest absolute Gasteiger partial charge is 0.379 e. The van der Waals surface area contributed by atoms with Gasteiger partial charge < -0.3 is 11.1 Å². The summed E-state index contributed by atoms with van der Waals surface area (Å²) in [5, 5.41) is 4.02. The molecule has 1 unspecified atom stereocenters. The minimum absolute atomic E-state index is 0.0850. The van der Waals surface area contributed by atoms with Gasteiger partial charge in [0.1, 0.15) is 0 Å². The van der Waals surface area contributed by atoms with E-state index >= 15 is 0 Å². The van der Waals surface area contributed by atoms with Gasteiger partial charge in [-0.05, 0) is 42.8 Å². The lowest BCUT2D eigenvalue weighted by Crippen LogP contribution is -2.12. The van der Waals surface area contributed by atoms with Gasteiger partial charge in [0.05, 0.1) is 0 Å². The van der Waals surface area contributed by atoms with E-state index in [1.54, 1.807) is 18.2 Å². The van der Waals surface area contributed by atoms with Crippen molar-refractivity contribution in [2.45, 2.75) is 13.0 Å². The SMILES string of the molecule is CC(Nc1cccc(C(N)=O)c1)c1cccc(Cl)c1. The normalized spacial score (nSPS) is 11.9. The van der Waals surface area contributed by atoms with Crippen LogP contribution in [0.25, 0.3) is 0 Å². The molecule has 0 aliphatic heterocycles. The van der Waals surface area contributed by atoms with Crippen LogP contribution in [-0.4, -0.2) is 5.91 Å². The van der Waals surface area contributed by atoms with Gasteiger partial charge >= 0.3 is 0 Å². The smallest absolute Gasteiger partial charge is 0.248 e. The predicted molar refractivity (Wildman–Crippen MR) is 78.4 cm³/mol. The van der Waals surface area contributed by atoms with Gasteiger partial charge in [0.15, 0.2) is 0 Å². The highest BCUT2D eigenvalue weighted by Crippen LogP contribution is 2.22. The molecule has 0 radical (unpaired) electrons. The zero-order chi connectivity index (χ0) is 13.8. The standard InChI is InChI=1S/C15H15ClN2O/c1-10(11-4-2-6-13(16)8-11)18-14-7-3-5-12(9-14)15(17)19/h2-10,18H,1H3,(H2,17,19). The van der Waals surface area contributed by atoms with Crippen LogP contribution >= 0.6 is 11.6 Å². The van der Waals surface area contributed by atoms with Crippen LogP contribution in [0, 0.1) is 0 Å². The molecule has 0 aliphatic carbocycles. The summed E-state index contributed by atoms with van der Waals surface area (Å²) < 4.78 is 0. The number of anilines is 1. The molecule has 98 valence electrons. The van der Waals surface area contributed by atoms with Crippen molar-refractivity contribution < 1.29 is 4.79 Å². The highest BCUT2D eigenvalue weighted by molar-refractivity contribution is 6.30. The van der Waals surface area contributed by atoms with Crippen molar-refractivity contribution in [3.05, 3.63) is 64.7 Å². The third kappa shape index (κ3) is 3.48. The van der Waals surface area contributed by atoms with Crippen molar-refractivity contribution in [1.29, 1.82) is 0 Å². The molecule has 0 aromatic heterocycles. The number of hydrogen-bond acceptors (Lipinski definition) is 2. The molecule has 0 saturated heterocycles. The van der Waals surface area contributed by atoms with Gasteiger partial charge in [0, 0.05) is 22.3 Å². The fourth-order valence-corrected chi connectivity index (χ4v) is 2.07. The number of carbonyl (C=O) groups excluding carboxylic acids is 1. The second kappa shape index (κ2) is 5.76. The van der Waals surface area contributed by atoms with Crippen molar-refractivity contribution in [2.24, 2.45) is 5.73 Å². The first-order chi connectivity index (χ1) is 9.06. The van der Waals surface area contributed by atoms with E-state index < -0.39 is 5.91 Å². The van der Waals surface area contributed by atoms with Crippen LogP contribution < -0.4 is 11.1 Å². The number of halogens is 1. The molecule has 2 rings (SSSR count). The minimum Gasteiger partial charge on any atom is -0.379 e. The monoisotopic (exact) mass is 274 g/mol. The molecule has 0 aliphatic rings. The minimum atomic E-state index is -0.431. The van der Waals surface area contributed by atoms with Gasteiger partial charge in [-0.25, -0.2) is 0 Å². The Labute approximate surface area is 117 Å². The fourth-order valence-electron chi connectivity index (χ4n) is 1.87. The Hall–Kier alpha value is -2.00. The third-order valence-corrected chi connectivity index (χ3v) is 3.11. The van der Waals surface area contributed by atoms with Crippen LogP contribution in [0.2, 0.25) is 5.02 Å². The van der Waals surface area contributed by atoms with E-state index in [0.29, 0.717) is 10.6 Å². The lowest BCUT2D eigenvalue weighted by Gasteiger charge is -2.16. The molecule has 3 N–H and O–H groups in total. The van der Waals surface area contributed by atoms with E-state index in [4.69, 9.17) is 17.3 Å². The molecule has 2 aromatic rings. The molecule has 0 fully saturated rings. The number of rotatable bonds is 4. The molecule has 0 bridgehead atoms. The van der Waals surface area contributed by atoms with E-state index in [0.717, 1.165) is 11.3 Å². The second-order valence-electron chi connectivity index (χ2n) is 4.37. The summed E-state index contributed by atoms with van der Waals surface area (Å²) in [6.45, 7) is 2.03. The Morgan fingerprint density at radius 1 is 1.21 bits per heavy atom. The van der Waals surface area contributed by atoms with Gasteiger partial charge in [0.25, 0.3) is 0 Å². The maximum Gasteiger partial charge on any atom is 0.248 e. The van der Waals surface area contributed by atoms with Crippen molar-refractivity contribution in [3.8, 4) is 0 Å². The zero-order valence-electron chi connectivity index (χ0n) is 10.6. The Morgan fingerprint density at radius 3 is 2.63 bits per heavy atom. The van der Waals surface area contributed by atoms with Gasteiger partial charge in [-0.15, -0.1) is 0 Å². The third-order valence-electron chi connectivity index (χ3n) is 2.88. The van der Waals surface area contributed by atoms with E-state index in [2.05, 4.69) is 5.32 Å². The maximum atomic E-state index is 11.1. The molecule has 1 amide bonds. The summed E-state index contributed by atoms with van der Waals surface area (Å²) in [7, 11) is 0. The second-order valence-corrected chi connectivity index (χ2v) is 4.80. The zero-order valence-corrected chi connectivity index (χ0v) is 11.3. The molecular formula is C15H15ClN2O. The average Bonchev–Trinajstić information content (AvgIpc) is 2.39. The number of nitrogens with one attached hydrogen (secondary N) is 1. The first-order valence-corrected chi connectivity index (χ1v) is 6.36. The molecule has 3 nitrogen and oxygen atoms in total. The first kappa shape index (κ1) is 13.4. The van der Waals surface area contributed by atoms with Gasteiger partial charge in [0.2, 0.25) is 5.91 Å². The topological polar surface area (TPSA) is 55.1 Å². The van der Waals surface area contributed by atoms with Crippen molar-refractivity contribution in [2.75, 3.05) is 5.32 Å². The van der Waals surface area contributed by atoms with Crippen molar-refractivity contribution in [3.63, 3.8) is 0 Å². The number of primary amides is 1. The molecule has 2 aromatic carbocycles. The van der Waals surface area contributed by atoms with Gasteiger partial charge in [-0.1, -0.05) is 29.8 Å². The van der Waals surface area contributed by atoms with Gasteiger partial charge in [-0.3, -0.25) is 4.79 Å². The van der Waals surface area contributed by atoms with E-state index in [1.165, 1.54) is 0 Å². The van der Waals surface area contributed by atoms with E-state index in [-0.39, 0.29) is 6.04 Å². The summed E-state index contributed by atoms with van der Waals surface area (Å²) in [6.07, 6.45) is 0. The molecule has 1 atom stereocenters. The lowest BCUT2D eigenvalue weighted by atomic mass is 10.1. The highest BCUT2D eigenvalue weighted by Gasteiger charge is 2.07. The average molecular weight is 275 g/mol. The lowest BCUT2D eigenvalue weighted by molar-refractivity contribution is 0.100. The van der Waals surface area contributed by atoms with Crippen LogP contribution in [-0.2, 0) is 0 Å². The van der Waals surface area contributed by atoms with Crippen LogP contribution in [0.15, 0.2) is 48.5 Å². The van der Waals surface area contributed by atoms with E-state index in [1.807, 2.05) is 37.3 Å². The fraction of sp³-hybridized carbons (Fsp3) is 0.133. The molecular weight excluding hydrogens is 260 g/mol. The molecule has 19 heavy (non-hydrogen) atoms. The summed E-state index contributed by atoms with van der Waals surface area (Å²) in [5.41, 5.74) is 7.68. The maximum absolute atomic E-state index is 11.1. The van der Waals surface area contributed by atoms with E-state index in [9.17, 15) is 4.79 Å². The van der Waals surface area contributed by atoms with Crippen LogP contribution in [0.4, 0.5) is 5.69 Å². The predicted octanol–water partition coefficient (Wildman–Crippen LogP) is 3.61. The number of amides is 1. The Balaban J connectivity index is 2.17. The quantitative estimate of drug-likeness (QED) is 0.895. The van der Waals surface area contributed by atoms with Crippen molar-refractivity contribution >= 4 is 23.2 Å². The first-order valence-electron chi connectivity index (χ1n) is 5.98. The van der Waals surface area contributed by atoms with Crippen molar-refractivity contribution in [1.82, 2.24) is 0 Å². The molecule has 0 saturated carbocycles. The van der Waals surface area contributed by atoms with Gasteiger partial charge in [-0.2, -0.15) is 0 Å². The number of benzene rings is 2. The highest BCUT2D eigenvalue weighted by atomic mass is 35.5. The Bertz CT molecular complexity index is 598. The van der Waals surface area contributed by atoms with Crippen LogP contribution in [0.5, 0.6) is 0 Å². The van der Waals surface area contributed by atoms with Crippen LogP contribution in [0.1, 0.15) is 28.9 Å². The number of hydrogen-bond donors (Lipinski definition) is 2. The Morgan fingerprint density at radius 2 is 1.95 bits per heavy atom. The summed E-state index contributed by atoms with van der Waals surface area (Å²) in [4.78, 5) is 11.1.